The van der Waals surface area contributed by atoms with Crippen LogP contribution >= 0.6 is 0 Å². The van der Waals surface area contributed by atoms with Gasteiger partial charge in [0.15, 0.2) is 0 Å². The van der Waals surface area contributed by atoms with E-state index in [-0.39, 0.29) is 18.2 Å². The van der Waals surface area contributed by atoms with E-state index in [2.05, 4.69) is 5.32 Å². The molecular weight excluding hydrogens is 258 g/mol. The van der Waals surface area contributed by atoms with Crippen molar-refractivity contribution in [3.63, 3.8) is 0 Å². The Labute approximate surface area is 119 Å². The number of hydrogen-bond acceptors (Lipinski definition) is 4. The van der Waals surface area contributed by atoms with Crippen LogP contribution in [0.3, 0.4) is 0 Å². The summed E-state index contributed by atoms with van der Waals surface area (Å²) in [6, 6.07) is 6.66. The van der Waals surface area contributed by atoms with Gasteiger partial charge < -0.3 is 14.8 Å². The standard InChI is InChI=1S/C15H21NO4/c1-10(2)14(15(18)20-4)16-13(17)9-11-7-5-6-8-12(11)19-3/h5-8,10,14H,9H2,1-4H3,(H,16,17). The fourth-order valence-electron chi connectivity index (χ4n) is 1.87. The second-order valence-electron chi connectivity index (χ2n) is 4.80. The maximum atomic E-state index is 12.0. The molecule has 1 atom stereocenters. The first-order valence-electron chi connectivity index (χ1n) is 6.48. The quantitative estimate of drug-likeness (QED) is 0.802. The predicted octanol–water partition coefficient (Wildman–Crippen LogP) is 1.55. The van der Waals surface area contributed by atoms with Gasteiger partial charge in [-0.2, -0.15) is 0 Å². The molecule has 5 nitrogen and oxygen atoms in total. The fourth-order valence-corrected chi connectivity index (χ4v) is 1.87. The third kappa shape index (κ3) is 4.26. The van der Waals surface area contributed by atoms with Crippen molar-refractivity contribution in [2.45, 2.75) is 26.3 Å². The van der Waals surface area contributed by atoms with E-state index in [4.69, 9.17) is 9.47 Å². The number of ether oxygens (including phenoxy) is 2. The van der Waals surface area contributed by atoms with Gasteiger partial charge in [-0.1, -0.05) is 32.0 Å². The van der Waals surface area contributed by atoms with Crippen molar-refractivity contribution in [1.29, 1.82) is 0 Å². The first-order valence-corrected chi connectivity index (χ1v) is 6.48. The van der Waals surface area contributed by atoms with E-state index in [1.165, 1.54) is 7.11 Å². The third-order valence-electron chi connectivity index (χ3n) is 2.98. The molecule has 0 aromatic heterocycles. The molecule has 0 heterocycles. The summed E-state index contributed by atoms with van der Waals surface area (Å²) in [5.41, 5.74) is 0.778. The van der Waals surface area contributed by atoms with Gasteiger partial charge in [0.25, 0.3) is 0 Å². The molecule has 1 N–H and O–H groups in total. The molecule has 0 radical (unpaired) electrons. The molecule has 0 saturated carbocycles. The zero-order valence-electron chi connectivity index (χ0n) is 12.3. The molecular formula is C15H21NO4. The van der Waals surface area contributed by atoms with Gasteiger partial charge in [-0.3, -0.25) is 4.79 Å². The minimum Gasteiger partial charge on any atom is -0.496 e. The molecule has 0 bridgehead atoms. The van der Waals surface area contributed by atoms with Crippen molar-refractivity contribution in [2.75, 3.05) is 14.2 Å². The Morgan fingerprint density at radius 3 is 2.40 bits per heavy atom. The normalized spacial score (nSPS) is 11.8. The molecule has 0 fully saturated rings. The Kier molecular flexibility index (Phi) is 6.03. The highest BCUT2D eigenvalue weighted by Crippen LogP contribution is 2.17. The number of carbonyl (C=O) groups is 2. The zero-order valence-corrected chi connectivity index (χ0v) is 12.3. The van der Waals surface area contributed by atoms with Gasteiger partial charge in [-0.15, -0.1) is 0 Å². The highest BCUT2D eigenvalue weighted by molar-refractivity contribution is 5.86. The molecule has 1 unspecified atom stereocenters. The van der Waals surface area contributed by atoms with E-state index in [9.17, 15) is 9.59 Å². The van der Waals surface area contributed by atoms with E-state index < -0.39 is 12.0 Å². The largest absolute Gasteiger partial charge is 0.496 e. The van der Waals surface area contributed by atoms with Crippen LogP contribution in [0, 0.1) is 5.92 Å². The zero-order chi connectivity index (χ0) is 15.1. The highest BCUT2D eigenvalue weighted by Gasteiger charge is 2.25. The van der Waals surface area contributed by atoms with Gasteiger partial charge in [0, 0.05) is 5.56 Å². The molecule has 1 aromatic carbocycles. The number of nitrogens with one attached hydrogen (secondary N) is 1. The summed E-state index contributed by atoms with van der Waals surface area (Å²) in [6.07, 6.45) is 0.157. The summed E-state index contributed by atoms with van der Waals surface area (Å²) < 4.78 is 9.89. The number of amides is 1. The maximum Gasteiger partial charge on any atom is 0.328 e. The number of benzene rings is 1. The number of para-hydroxylation sites is 1. The Morgan fingerprint density at radius 2 is 1.85 bits per heavy atom. The molecule has 1 aromatic rings. The van der Waals surface area contributed by atoms with Gasteiger partial charge in [-0.25, -0.2) is 4.79 Å². The molecule has 1 amide bonds. The molecule has 0 aliphatic heterocycles. The predicted molar refractivity (Wildman–Crippen MR) is 75.5 cm³/mol. The highest BCUT2D eigenvalue weighted by atomic mass is 16.5. The number of methoxy groups -OCH3 is 2. The van der Waals surface area contributed by atoms with E-state index in [1.807, 2.05) is 32.0 Å². The third-order valence-corrected chi connectivity index (χ3v) is 2.98. The van der Waals surface area contributed by atoms with Crippen molar-refractivity contribution < 1.29 is 19.1 Å². The lowest BCUT2D eigenvalue weighted by molar-refractivity contribution is -0.146. The summed E-state index contributed by atoms with van der Waals surface area (Å²) >= 11 is 0. The van der Waals surface area contributed by atoms with Crippen LogP contribution in [-0.4, -0.2) is 32.1 Å². The second kappa shape index (κ2) is 7.53. The van der Waals surface area contributed by atoms with Gasteiger partial charge in [0.1, 0.15) is 11.8 Å². The van der Waals surface area contributed by atoms with Crippen LogP contribution < -0.4 is 10.1 Å². The molecule has 0 aliphatic carbocycles. The first-order chi connectivity index (χ1) is 9.49. The topological polar surface area (TPSA) is 64.6 Å². The molecule has 20 heavy (non-hydrogen) atoms. The Balaban J connectivity index is 2.73. The van der Waals surface area contributed by atoms with Crippen LogP contribution in [0.25, 0.3) is 0 Å². The number of esters is 1. The van der Waals surface area contributed by atoms with Crippen molar-refractivity contribution in [1.82, 2.24) is 5.32 Å². The average Bonchev–Trinajstić information content (AvgIpc) is 2.44. The van der Waals surface area contributed by atoms with Crippen molar-refractivity contribution >= 4 is 11.9 Å². The average molecular weight is 279 g/mol. The van der Waals surface area contributed by atoms with Crippen LogP contribution in [0.15, 0.2) is 24.3 Å². The van der Waals surface area contributed by atoms with E-state index in [1.54, 1.807) is 13.2 Å². The van der Waals surface area contributed by atoms with Gasteiger partial charge >= 0.3 is 5.97 Å². The summed E-state index contributed by atoms with van der Waals surface area (Å²) in [4.78, 5) is 23.6. The molecule has 5 heteroatoms. The molecule has 1 rings (SSSR count). The monoisotopic (exact) mass is 279 g/mol. The van der Waals surface area contributed by atoms with Crippen LogP contribution in [0.1, 0.15) is 19.4 Å². The minimum absolute atomic E-state index is 0.0379. The fraction of sp³-hybridized carbons (Fsp3) is 0.467. The lowest BCUT2D eigenvalue weighted by Crippen LogP contribution is -2.45. The molecule has 0 saturated heterocycles. The number of rotatable bonds is 6. The van der Waals surface area contributed by atoms with E-state index in [0.717, 1.165) is 5.56 Å². The summed E-state index contributed by atoms with van der Waals surface area (Å²) in [5, 5.41) is 2.70. The van der Waals surface area contributed by atoms with Crippen LogP contribution in [-0.2, 0) is 20.7 Å². The van der Waals surface area contributed by atoms with Crippen LogP contribution in [0.2, 0.25) is 0 Å². The van der Waals surface area contributed by atoms with Gasteiger partial charge in [0.2, 0.25) is 5.91 Å². The Bertz CT molecular complexity index is 471. The van der Waals surface area contributed by atoms with Gasteiger partial charge in [-0.05, 0) is 12.0 Å². The van der Waals surface area contributed by atoms with Crippen LogP contribution in [0.5, 0.6) is 5.75 Å². The van der Waals surface area contributed by atoms with Crippen molar-refractivity contribution in [3.05, 3.63) is 29.8 Å². The second-order valence-corrected chi connectivity index (χ2v) is 4.80. The lowest BCUT2D eigenvalue weighted by atomic mass is 10.0. The van der Waals surface area contributed by atoms with Crippen LogP contribution in [0.4, 0.5) is 0 Å². The Hall–Kier alpha value is -2.04. The first kappa shape index (κ1) is 16.0. The maximum absolute atomic E-state index is 12.0. The SMILES string of the molecule is COC(=O)C(NC(=O)Cc1ccccc1OC)C(C)C. The van der Waals surface area contributed by atoms with Crippen molar-refractivity contribution in [3.8, 4) is 5.75 Å². The summed E-state index contributed by atoms with van der Waals surface area (Å²) in [5.74, 6) is -0.0575. The van der Waals surface area contributed by atoms with Crippen molar-refractivity contribution in [2.24, 2.45) is 5.92 Å². The smallest absolute Gasteiger partial charge is 0.328 e. The minimum atomic E-state index is -0.637. The number of hydrogen-bond donors (Lipinski definition) is 1. The summed E-state index contributed by atoms with van der Waals surface area (Å²) in [6.45, 7) is 3.70. The number of carbonyl (C=O) groups excluding carboxylic acids is 2. The van der Waals surface area contributed by atoms with E-state index >= 15 is 0 Å². The molecule has 0 spiro atoms. The lowest BCUT2D eigenvalue weighted by Gasteiger charge is -2.20. The van der Waals surface area contributed by atoms with E-state index in [0.29, 0.717) is 5.75 Å². The van der Waals surface area contributed by atoms with Gasteiger partial charge in [0.05, 0.1) is 20.6 Å². The summed E-state index contributed by atoms with van der Waals surface area (Å²) in [7, 11) is 2.87. The molecule has 110 valence electrons. The molecule has 0 aliphatic rings. The Morgan fingerprint density at radius 1 is 1.20 bits per heavy atom.